The van der Waals surface area contributed by atoms with Crippen molar-refractivity contribution < 1.29 is 9.53 Å². The Labute approximate surface area is 156 Å². The minimum Gasteiger partial charge on any atom is -0.462 e. The second-order valence-electron chi connectivity index (χ2n) is 5.78. The van der Waals surface area contributed by atoms with Crippen molar-refractivity contribution in [2.45, 2.75) is 31.6 Å². The molecule has 26 heavy (non-hydrogen) atoms. The molecule has 0 fully saturated rings. The maximum Gasteiger partial charge on any atom is 0.341 e. The zero-order valence-corrected chi connectivity index (χ0v) is 15.8. The Kier molecular flexibility index (Phi) is 5.68. The van der Waals surface area contributed by atoms with Crippen molar-refractivity contribution in [1.29, 1.82) is 0 Å². The molecule has 0 amide bonds. The maximum absolute atomic E-state index is 11.9. The summed E-state index contributed by atoms with van der Waals surface area (Å²) in [5.41, 5.74) is 3.61. The van der Waals surface area contributed by atoms with Crippen molar-refractivity contribution in [2.75, 3.05) is 6.61 Å². The van der Waals surface area contributed by atoms with Gasteiger partial charge in [-0.15, -0.1) is 10.2 Å². The van der Waals surface area contributed by atoms with Crippen LogP contribution >= 0.6 is 11.8 Å². The number of aromatic nitrogens is 4. The zero-order valence-electron chi connectivity index (χ0n) is 15.0. The van der Waals surface area contributed by atoms with Gasteiger partial charge in [0.15, 0.2) is 5.82 Å². The van der Waals surface area contributed by atoms with Crippen LogP contribution < -0.4 is 0 Å². The summed E-state index contributed by atoms with van der Waals surface area (Å²) in [6, 6.07) is 12.2. The fourth-order valence-corrected chi connectivity index (χ4v) is 3.16. The quantitative estimate of drug-likeness (QED) is 0.487. The molecule has 0 atom stereocenters. The SMILES string of the molecule is CCOC(=O)c1cnn(-c2ccc(SCc3ccc(C)cc3)nn2)c1C. The number of carbonyl (C=O) groups is 1. The molecule has 0 saturated heterocycles. The second kappa shape index (κ2) is 8.14. The van der Waals surface area contributed by atoms with Crippen molar-refractivity contribution in [3.8, 4) is 5.82 Å². The lowest BCUT2D eigenvalue weighted by Crippen LogP contribution is -2.08. The molecule has 3 aromatic rings. The third-order valence-electron chi connectivity index (χ3n) is 3.86. The summed E-state index contributed by atoms with van der Waals surface area (Å²) in [4.78, 5) is 11.9. The Balaban J connectivity index is 1.69. The van der Waals surface area contributed by atoms with Gasteiger partial charge < -0.3 is 4.74 Å². The molecule has 6 nitrogen and oxygen atoms in total. The van der Waals surface area contributed by atoms with Crippen molar-refractivity contribution >= 4 is 17.7 Å². The molecule has 3 rings (SSSR count). The third-order valence-corrected chi connectivity index (χ3v) is 4.85. The lowest BCUT2D eigenvalue weighted by Gasteiger charge is -2.05. The van der Waals surface area contributed by atoms with E-state index < -0.39 is 0 Å². The molecule has 7 heteroatoms. The Morgan fingerprint density at radius 1 is 1.12 bits per heavy atom. The van der Waals surface area contributed by atoms with Crippen molar-refractivity contribution in [2.24, 2.45) is 0 Å². The van der Waals surface area contributed by atoms with Crippen LogP contribution in [0.25, 0.3) is 5.82 Å². The Morgan fingerprint density at radius 2 is 1.88 bits per heavy atom. The number of ether oxygens (including phenoxy) is 1. The standard InChI is InChI=1S/C19H20N4O2S/c1-4-25-19(24)16-11-20-23(14(16)3)17-9-10-18(22-21-17)26-12-15-7-5-13(2)6-8-15/h5-11H,4,12H2,1-3H3. The van der Waals surface area contributed by atoms with Crippen LogP contribution in [-0.4, -0.2) is 32.6 Å². The maximum atomic E-state index is 11.9. The highest BCUT2D eigenvalue weighted by Gasteiger charge is 2.16. The van der Waals surface area contributed by atoms with Gasteiger partial charge in [-0.1, -0.05) is 41.6 Å². The van der Waals surface area contributed by atoms with E-state index in [9.17, 15) is 4.79 Å². The van der Waals surface area contributed by atoms with Gasteiger partial charge in [0, 0.05) is 5.75 Å². The van der Waals surface area contributed by atoms with Crippen LogP contribution in [0.2, 0.25) is 0 Å². The minimum atomic E-state index is -0.380. The van der Waals surface area contributed by atoms with Crippen molar-refractivity contribution in [3.05, 3.63) is 65.0 Å². The third kappa shape index (κ3) is 4.11. The normalized spacial score (nSPS) is 10.7. The van der Waals surface area contributed by atoms with Crippen LogP contribution in [0.1, 0.15) is 34.1 Å². The first-order chi connectivity index (χ1) is 12.6. The highest BCUT2D eigenvalue weighted by molar-refractivity contribution is 7.98. The number of hydrogen-bond donors (Lipinski definition) is 0. The largest absolute Gasteiger partial charge is 0.462 e. The van der Waals surface area contributed by atoms with E-state index in [-0.39, 0.29) is 5.97 Å². The van der Waals surface area contributed by atoms with Crippen LogP contribution in [0.3, 0.4) is 0 Å². The van der Waals surface area contributed by atoms with E-state index in [4.69, 9.17) is 4.74 Å². The Bertz CT molecular complexity index is 889. The summed E-state index contributed by atoms with van der Waals surface area (Å²) in [7, 11) is 0. The average molecular weight is 368 g/mol. The molecule has 0 radical (unpaired) electrons. The summed E-state index contributed by atoms with van der Waals surface area (Å²) >= 11 is 1.63. The van der Waals surface area contributed by atoms with Gasteiger partial charge in [0.2, 0.25) is 0 Å². The van der Waals surface area contributed by atoms with Crippen LogP contribution in [0, 0.1) is 13.8 Å². The van der Waals surface area contributed by atoms with Crippen LogP contribution in [-0.2, 0) is 10.5 Å². The first-order valence-corrected chi connectivity index (χ1v) is 9.31. The van der Waals surface area contributed by atoms with Gasteiger partial charge in [-0.2, -0.15) is 5.10 Å². The predicted molar refractivity (Wildman–Crippen MR) is 101 cm³/mol. The summed E-state index contributed by atoms with van der Waals surface area (Å²) in [6.07, 6.45) is 1.50. The summed E-state index contributed by atoms with van der Waals surface area (Å²) in [5, 5.41) is 13.6. The summed E-state index contributed by atoms with van der Waals surface area (Å²) in [5.74, 6) is 1.02. The zero-order chi connectivity index (χ0) is 18.5. The number of aryl methyl sites for hydroxylation is 1. The van der Waals surface area contributed by atoms with Gasteiger partial charge in [-0.3, -0.25) is 0 Å². The number of hydrogen-bond acceptors (Lipinski definition) is 6. The predicted octanol–water partition coefficient (Wildman–Crippen LogP) is 3.75. The number of benzene rings is 1. The fraction of sp³-hybridized carbons (Fsp3) is 0.263. The number of esters is 1. The van der Waals surface area contributed by atoms with Crippen LogP contribution in [0.15, 0.2) is 47.6 Å². The van der Waals surface area contributed by atoms with Gasteiger partial charge in [0.25, 0.3) is 0 Å². The van der Waals surface area contributed by atoms with E-state index in [1.54, 1.807) is 30.3 Å². The molecule has 1 aromatic carbocycles. The van der Waals surface area contributed by atoms with E-state index in [1.807, 2.05) is 12.1 Å². The van der Waals surface area contributed by atoms with Gasteiger partial charge >= 0.3 is 5.97 Å². The van der Waals surface area contributed by atoms with E-state index in [0.29, 0.717) is 23.7 Å². The average Bonchev–Trinajstić information content (AvgIpc) is 3.03. The Morgan fingerprint density at radius 3 is 2.54 bits per heavy atom. The van der Waals surface area contributed by atoms with E-state index in [2.05, 4.69) is 46.5 Å². The summed E-state index contributed by atoms with van der Waals surface area (Å²) < 4.78 is 6.62. The highest BCUT2D eigenvalue weighted by atomic mass is 32.2. The molecule has 0 aliphatic rings. The highest BCUT2D eigenvalue weighted by Crippen LogP contribution is 2.21. The number of nitrogens with zero attached hydrogens (tertiary/aromatic N) is 4. The van der Waals surface area contributed by atoms with Crippen molar-refractivity contribution in [3.63, 3.8) is 0 Å². The molecule has 0 aliphatic carbocycles. The van der Waals surface area contributed by atoms with Gasteiger partial charge in [-0.05, 0) is 38.5 Å². The molecule has 0 bridgehead atoms. The lowest BCUT2D eigenvalue weighted by atomic mass is 10.2. The second-order valence-corrected chi connectivity index (χ2v) is 6.78. The fourth-order valence-electron chi connectivity index (χ4n) is 2.39. The van der Waals surface area contributed by atoms with Crippen LogP contribution in [0.5, 0.6) is 0 Å². The number of rotatable bonds is 6. The van der Waals surface area contributed by atoms with Crippen molar-refractivity contribution in [1.82, 2.24) is 20.0 Å². The number of thioether (sulfide) groups is 1. The van der Waals surface area contributed by atoms with Gasteiger partial charge in [0.05, 0.1) is 18.5 Å². The minimum absolute atomic E-state index is 0.330. The van der Waals surface area contributed by atoms with E-state index >= 15 is 0 Å². The molecular formula is C19H20N4O2S. The molecule has 0 aliphatic heterocycles. The molecule has 134 valence electrons. The molecule has 2 aromatic heterocycles. The lowest BCUT2D eigenvalue weighted by molar-refractivity contribution is 0.0525. The molecule has 0 unspecified atom stereocenters. The van der Waals surface area contributed by atoms with E-state index in [0.717, 1.165) is 10.8 Å². The first kappa shape index (κ1) is 18.1. The van der Waals surface area contributed by atoms with Gasteiger partial charge in [0.1, 0.15) is 10.6 Å². The topological polar surface area (TPSA) is 69.9 Å². The molecule has 0 spiro atoms. The molecule has 0 N–H and O–H groups in total. The number of carbonyl (C=O) groups excluding carboxylic acids is 1. The van der Waals surface area contributed by atoms with E-state index in [1.165, 1.54) is 17.3 Å². The smallest absolute Gasteiger partial charge is 0.341 e. The monoisotopic (exact) mass is 368 g/mol. The molecule has 2 heterocycles. The molecule has 0 saturated carbocycles. The van der Waals surface area contributed by atoms with Crippen LogP contribution in [0.4, 0.5) is 0 Å². The first-order valence-electron chi connectivity index (χ1n) is 8.32. The Hall–Kier alpha value is -2.67. The van der Waals surface area contributed by atoms with Gasteiger partial charge in [-0.25, -0.2) is 9.48 Å². The summed E-state index contributed by atoms with van der Waals surface area (Å²) in [6.45, 7) is 5.99. The molecular weight excluding hydrogens is 348 g/mol.